The minimum absolute atomic E-state index is 0.113. The monoisotopic (exact) mass is 380 g/mol. The molecule has 2 amide bonds. The lowest BCUT2D eigenvalue weighted by molar-refractivity contribution is 0.0953. The number of allylic oxidation sites excluding steroid dienone is 2. The van der Waals surface area contributed by atoms with Crippen molar-refractivity contribution in [3.63, 3.8) is 0 Å². The minimum atomic E-state index is -0.113. The molecular weight excluding hydrogens is 348 g/mol. The van der Waals surface area contributed by atoms with Gasteiger partial charge >= 0.3 is 0 Å². The second-order valence-electron chi connectivity index (χ2n) is 7.81. The van der Waals surface area contributed by atoms with Crippen LogP contribution in [0.4, 0.5) is 0 Å². The zero-order valence-electron chi connectivity index (χ0n) is 16.8. The number of amides is 2. The fourth-order valence-electron chi connectivity index (χ4n) is 3.94. The Balaban J connectivity index is 1.45. The third kappa shape index (κ3) is 6.36. The normalized spacial score (nSPS) is 16.7. The van der Waals surface area contributed by atoms with Gasteiger partial charge in [-0.15, -0.1) is 0 Å². The van der Waals surface area contributed by atoms with Gasteiger partial charge in [-0.2, -0.15) is 0 Å². The van der Waals surface area contributed by atoms with Gasteiger partial charge in [-0.05, 0) is 82.4 Å². The first kappa shape index (κ1) is 20.4. The predicted octanol–water partition coefficient (Wildman–Crippen LogP) is 4.93. The van der Waals surface area contributed by atoms with E-state index in [1.807, 2.05) is 0 Å². The molecule has 1 aromatic rings. The Morgan fingerprint density at radius 2 is 1.25 bits per heavy atom. The van der Waals surface area contributed by atoms with Crippen molar-refractivity contribution in [2.24, 2.45) is 0 Å². The maximum Gasteiger partial charge on any atom is 0.251 e. The largest absolute Gasteiger partial charge is 0.352 e. The molecule has 3 rings (SSSR count). The van der Waals surface area contributed by atoms with E-state index in [1.54, 1.807) is 24.3 Å². The number of hydrogen-bond donors (Lipinski definition) is 2. The van der Waals surface area contributed by atoms with Gasteiger partial charge < -0.3 is 10.6 Å². The Bertz CT molecular complexity index is 689. The Labute approximate surface area is 168 Å². The van der Waals surface area contributed by atoms with Crippen LogP contribution in [0.2, 0.25) is 0 Å². The molecule has 2 aliphatic rings. The molecule has 0 fully saturated rings. The molecular formula is C24H32N2O2. The van der Waals surface area contributed by atoms with E-state index >= 15 is 0 Å². The molecule has 150 valence electrons. The lowest BCUT2D eigenvalue weighted by atomic mass is 9.97. The lowest BCUT2D eigenvalue weighted by Gasteiger charge is -2.13. The smallest absolute Gasteiger partial charge is 0.251 e. The van der Waals surface area contributed by atoms with Gasteiger partial charge in [-0.25, -0.2) is 0 Å². The maximum atomic E-state index is 12.4. The summed E-state index contributed by atoms with van der Waals surface area (Å²) in [6, 6.07) is 6.99. The van der Waals surface area contributed by atoms with Crippen LogP contribution in [0.15, 0.2) is 47.6 Å². The van der Waals surface area contributed by atoms with Crippen LogP contribution in [-0.4, -0.2) is 24.9 Å². The molecule has 0 aliphatic heterocycles. The number of rotatable bonds is 8. The summed E-state index contributed by atoms with van der Waals surface area (Å²) >= 11 is 0. The van der Waals surface area contributed by atoms with Crippen molar-refractivity contribution in [1.29, 1.82) is 0 Å². The third-order valence-electron chi connectivity index (χ3n) is 5.62. The van der Waals surface area contributed by atoms with Gasteiger partial charge in [-0.1, -0.05) is 29.4 Å². The van der Waals surface area contributed by atoms with Gasteiger partial charge in [0.1, 0.15) is 0 Å². The summed E-state index contributed by atoms with van der Waals surface area (Å²) in [5, 5.41) is 5.96. The highest BCUT2D eigenvalue weighted by atomic mass is 16.2. The highest BCUT2D eigenvalue weighted by molar-refractivity contribution is 5.99. The summed E-state index contributed by atoms with van der Waals surface area (Å²) < 4.78 is 0. The Hall–Kier alpha value is -2.36. The molecule has 0 atom stereocenters. The van der Waals surface area contributed by atoms with Crippen LogP contribution in [0.3, 0.4) is 0 Å². The van der Waals surface area contributed by atoms with Crippen LogP contribution in [0.25, 0.3) is 0 Å². The summed E-state index contributed by atoms with van der Waals surface area (Å²) in [4.78, 5) is 24.8. The Morgan fingerprint density at radius 3 is 1.68 bits per heavy atom. The van der Waals surface area contributed by atoms with E-state index in [0.29, 0.717) is 24.2 Å². The summed E-state index contributed by atoms with van der Waals surface area (Å²) in [5.74, 6) is -0.225. The standard InChI is InChI=1S/C24H32N2O2/c27-23(25-16-14-19-8-3-1-4-9-19)21-12-7-13-22(18-21)24(28)26-17-15-20-10-5-2-6-11-20/h7-8,10,12-13,18H,1-6,9,11,14-17H2,(H,25,27)(H,26,28). The van der Waals surface area contributed by atoms with Crippen LogP contribution >= 0.6 is 0 Å². The van der Waals surface area contributed by atoms with Gasteiger partial charge in [0.05, 0.1) is 0 Å². The van der Waals surface area contributed by atoms with Crippen LogP contribution in [0, 0.1) is 0 Å². The molecule has 0 radical (unpaired) electrons. The average Bonchev–Trinajstić information content (AvgIpc) is 2.75. The number of nitrogens with one attached hydrogen (secondary N) is 2. The van der Waals surface area contributed by atoms with Gasteiger partial charge in [0.2, 0.25) is 0 Å². The van der Waals surface area contributed by atoms with Gasteiger partial charge in [-0.3, -0.25) is 9.59 Å². The van der Waals surface area contributed by atoms with Crippen LogP contribution < -0.4 is 10.6 Å². The SMILES string of the molecule is O=C(NCCC1=CCCCC1)c1cccc(C(=O)NCCC2=CCCCC2)c1. The lowest BCUT2D eigenvalue weighted by Crippen LogP contribution is -2.27. The van der Waals surface area contributed by atoms with E-state index in [4.69, 9.17) is 0 Å². The second kappa shape index (κ2) is 10.8. The molecule has 2 aliphatic carbocycles. The predicted molar refractivity (Wildman–Crippen MR) is 113 cm³/mol. The molecule has 0 heterocycles. The zero-order valence-corrected chi connectivity index (χ0v) is 16.8. The van der Waals surface area contributed by atoms with Crippen LogP contribution in [0.5, 0.6) is 0 Å². The fraction of sp³-hybridized carbons (Fsp3) is 0.500. The van der Waals surface area contributed by atoms with Gasteiger partial charge in [0.25, 0.3) is 11.8 Å². The average molecular weight is 381 g/mol. The Kier molecular flexibility index (Phi) is 7.89. The molecule has 4 heteroatoms. The van der Waals surface area contributed by atoms with Gasteiger partial charge in [0.15, 0.2) is 0 Å². The number of carbonyl (C=O) groups excluding carboxylic acids is 2. The first-order valence-corrected chi connectivity index (χ1v) is 10.7. The fourth-order valence-corrected chi connectivity index (χ4v) is 3.94. The van der Waals surface area contributed by atoms with Crippen LogP contribution in [-0.2, 0) is 0 Å². The first-order chi connectivity index (χ1) is 13.7. The van der Waals surface area contributed by atoms with E-state index in [0.717, 1.165) is 38.5 Å². The van der Waals surface area contributed by atoms with Crippen molar-refractivity contribution in [3.8, 4) is 0 Å². The molecule has 0 bridgehead atoms. The molecule has 0 spiro atoms. The van der Waals surface area contributed by atoms with E-state index in [-0.39, 0.29) is 11.8 Å². The van der Waals surface area contributed by atoms with Crippen molar-refractivity contribution in [3.05, 3.63) is 58.7 Å². The highest BCUT2D eigenvalue weighted by Gasteiger charge is 2.11. The third-order valence-corrected chi connectivity index (χ3v) is 5.62. The first-order valence-electron chi connectivity index (χ1n) is 10.7. The molecule has 2 N–H and O–H groups in total. The molecule has 0 saturated heterocycles. The topological polar surface area (TPSA) is 58.2 Å². The number of benzene rings is 1. The number of hydrogen-bond acceptors (Lipinski definition) is 2. The quantitative estimate of drug-likeness (QED) is 0.629. The van der Waals surface area contributed by atoms with E-state index in [9.17, 15) is 9.59 Å². The molecule has 0 aromatic heterocycles. The van der Waals surface area contributed by atoms with Gasteiger partial charge in [0, 0.05) is 24.2 Å². The van der Waals surface area contributed by atoms with Crippen molar-refractivity contribution in [2.75, 3.05) is 13.1 Å². The summed E-state index contributed by atoms with van der Waals surface area (Å²) in [5.41, 5.74) is 3.99. The van der Waals surface area contributed by atoms with Crippen molar-refractivity contribution < 1.29 is 9.59 Å². The zero-order chi connectivity index (χ0) is 19.6. The highest BCUT2D eigenvalue weighted by Crippen LogP contribution is 2.20. The molecule has 4 nitrogen and oxygen atoms in total. The molecule has 28 heavy (non-hydrogen) atoms. The molecule has 1 aromatic carbocycles. The van der Waals surface area contributed by atoms with Crippen molar-refractivity contribution >= 4 is 11.8 Å². The van der Waals surface area contributed by atoms with E-state index in [1.165, 1.54) is 36.8 Å². The summed E-state index contributed by atoms with van der Waals surface area (Å²) in [7, 11) is 0. The number of carbonyl (C=O) groups is 2. The summed E-state index contributed by atoms with van der Waals surface area (Å²) in [6.07, 6.45) is 16.2. The minimum Gasteiger partial charge on any atom is -0.352 e. The maximum absolute atomic E-state index is 12.4. The van der Waals surface area contributed by atoms with Crippen LogP contribution in [0.1, 0.15) is 84.9 Å². The summed E-state index contributed by atoms with van der Waals surface area (Å²) in [6.45, 7) is 1.30. The van der Waals surface area contributed by atoms with E-state index < -0.39 is 0 Å². The Morgan fingerprint density at radius 1 is 0.750 bits per heavy atom. The molecule has 0 unspecified atom stereocenters. The molecule has 0 saturated carbocycles. The second-order valence-corrected chi connectivity index (χ2v) is 7.81. The van der Waals surface area contributed by atoms with Crippen molar-refractivity contribution in [1.82, 2.24) is 10.6 Å². The van der Waals surface area contributed by atoms with E-state index in [2.05, 4.69) is 22.8 Å². The van der Waals surface area contributed by atoms with Crippen molar-refractivity contribution in [2.45, 2.75) is 64.2 Å².